The van der Waals surface area contributed by atoms with Gasteiger partial charge in [0.15, 0.2) is 5.79 Å². The molecule has 2 rings (SSSR count). The molecule has 0 spiro atoms. The molecule has 1 aromatic heterocycles. The van der Waals surface area contributed by atoms with Crippen molar-refractivity contribution in [3.63, 3.8) is 0 Å². The van der Waals surface area contributed by atoms with Gasteiger partial charge in [-0.15, -0.1) is 0 Å². The number of hydrazone groups is 1. The van der Waals surface area contributed by atoms with Crippen LogP contribution in [-0.2, 0) is 14.3 Å². The van der Waals surface area contributed by atoms with Gasteiger partial charge in [-0.3, -0.25) is 4.79 Å². The Balaban J connectivity index is 1.79. The lowest BCUT2D eigenvalue weighted by Gasteiger charge is -2.33. The van der Waals surface area contributed by atoms with Crippen molar-refractivity contribution in [1.82, 2.24) is 5.43 Å². The van der Waals surface area contributed by atoms with Gasteiger partial charge in [0.1, 0.15) is 11.5 Å². The molecule has 1 fully saturated rings. The third kappa shape index (κ3) is 4.18. The van der Waals surface area contributed by atoms with Gasteiger partial charge in [-0.2, -0.15) is 5.10 Å². The first-order valence-corrected chi connectivity index (χ1v) is 6.24. The molecular formula is C13H18N2O4. The summed E-state index contributed by atoms with van der Waals surface area (Å²) in [7, 11) is 0. The van der Waals surface area contributed by atoms with E-state index in [1.54, 1.807) is 13.0 Å². The first kappa shape index (κ1) is 13.8. The lowest BCUT2D eigenvalue weighted by molar-refractivity contribution is -0.256. The Morgan fingerprint density at radius 3 is 2.84 bits per heavy atom. The van der Waals surface area contributed by atoms with Crippen molar-refractivity contribution >= 4 is 12.1 Å². The Labute approximate surface area is 111 Å². The van der Waals surface area contributed by atoms with Crippen LogP contribution in [0.15, 0.2) is 21.7 Å². The molecule has 1 aromatic rings. The van der Waals surface area contributed by atoms with Crippen LogP contribution in [0.5, 0.6) is 0 Å². The zero-order chi connectivity index (χ0) is 13.7. The molecule has 6 nitrogen and oxygen atoms in total. The van der Waals surface area contributed by atoms with Crippen LogP contribution in [0, 0.1) is 6.92 Å². The van der Waals surface area contributed by atoms with Crippen molar-refractivity contribution in [2.45, 2.75) is 32.5 Å². The number of aryl methyl sites for hydroxylation is 1. The molecule has 0 saturated carbocycles. The fourth-order valence-electron chi connectivity index (χ4n) is 1.80. The van der Waals surface area contributed by atoms with E-state index in [0.29, 0.717) is 19.0 Å². The van der Waals surface area contributed by atoms with Crippen molar-refractivity contribution in [3.8, 4) is 0 Å². The summed E-state index contributed by atoms with van der Waals surface area (Å²) in [5, 5.41) is 3.82. The van der Waals surface area contributed by atoms with E-state index < -0.39 is 5.79 Å². The summed E-state index contributed by atoms with van der Waals surface area (Å²) in [6.45, 7) is 4.82. The van der Waals surface area contributed by atoms with Gasteiger partial charge in [-0.25, -0.2) is 5.43 Å². The van der Waals surface area contributed by atoms with E-state index >= 15 is 0 Å². The second-order valence-corrected chi connectivity index (χ2v) is 4.60. The number of nitrogens with zero attached hydrogens (tertiary/aromatic N) is 1. The van der Waals surface area contributed by atoms with Gasteiger partial charge in [-0.1, -0.05) is 0 Å². The highest BCUT2D eigenvalue weighted by molar-refractivity contribution is 5.80. The van der Waals surface area contributed by atoms with Crippen LogP contribution in [0.25, 0.3) is 0 Å². The van der Waals surface area contributed by atoms with Crippen molar-refractivity contribution in [2.24, 2.45) is 5.10 Å². The summed E-state index contributed by atoms with van der Waals surface area (Å²) in [5.41, 5.74) is 2.42. The summed E-state index contributed by atoms with van der Waals surface area (Å²) in [6.07, 6.45) is 2.42. The molecule has 1 aliphatic heterocycles. The number of furan rings is 1. The lowest BCUT2D eigenvalue weighted by Crippen LogP contribution is -2.41. The van der Waals surface area contributed by atoms with Gasteiger partial charge >= 0.3 is 0 Å². The third-order valence-electron chi connectivity index (χ3n) is 2.73. The molecule has 0 atom stereocenters. The van der Waals surface area contributed by atoms with Crippen LogP contribution >= 0.6 is 0 Å². The SMILES string of the molecule is Cc1ccc(/C=N\NC(=O)CC2(C)OCCCO2)o1. The fraction of sp³-hybridized carbons (Fsp3) is 0.538. The van der Waals surface area contributed by atoms with Crippen LogP contribution in [0.4, 0.5) is 0 Å². The third-order valence-corrected chi connectivity index (χ3v) is 2.73. The fourth-order valence-corrected chi connectivity index (χ4v) is 1.80. The standard InChI is InChI=1S/C13H18N2O4/c1-10-4-5-11(19-10)9-14-15-12(16)8-13(2)17-6-3-7-18-13/h4-5,9H,3,6-8H2,1-2H3,(H,15,16)/b14-9-. The highest BCUT2D eigenvalue weighted by Gasteiger charge is 2.31. The highest BCUT2D eigenvalue weighted by Crippen LogP contribution is 2.21. The van der Waals surface area contributed by atoms with Crippen molar-refractivity contribution < 1.29 is 18.7 Å². The maximum atomic E-state index is 11.7. The van der Waals surface area contributed by atoms with Crippen LogP contribution in [0.1, 0.15) is 31.3 Å². The number of carbonyl (C=O) groups is 1. The average molecular weight is 266 g/mol. The molecule has 1 amide bonds. The van der Waals surface area contributed by atoms with E-state index in [-0.39, 0.29) is 12.3 Å². The number of carbonyl (C=O) groups excluding carboxylic acids is 1. The lowest BCUT2D eigenvalue weighted by atomic mass is 10.2. The minimum Gasteiger partial charge on any atom is -0.460 e. The number of hydrogen-bond donors (Lipinski definition) is 1. The molecule has 0 bridgehead atoms. The zero-order valence-electron chi connectivity index (χ0n) is 11.1. The second-order valence-electron chi connectivity index (χ2n) is 4.60. The van der Waals surface area contributed by atoms with Gasteiger partial charge in [0.25, 0.3) is 0 Å². The maximum absolute atomic E-state index is 11.7. The van der Waals surface area contributed by atoms with E-state index in [1.165, 1.54) is 6.21 Å². The van der Waals surface area contributed by atoms with Crippen molar-refractivity contribution in [2.75, 3.05) is 13.2 Å². The molecular weight excluding hydrogens is 248 g/mol. The maximum Gasteiger partial charge on any atom is 0.245 e. The van der Waals surface area contributed by atoms with E-state index in [9.17, 15) is 4.79 Å². The second kappa shape index (κ2) is 5.99. The summed E-state index contributed by atoms with van der Waals surface area (Å²) in [6, 6.07) is 3.60. The van der Waals surface area contributed by atoms with E-state index in [1.807, 2.05) is 13.0 Å². The monoisotopic (exact) mass is 266 g/mol. The molecule has 6 heteroatoms. The molecule has 104 valence electrons. The van der Waals surface area contributed by atoms with E-state index in [2.05, 4.69) is 10.5 Å². The minimum absolute atomic E-state index is 0.113. The molecule has 1 aliphatic rings. The molecule has 0 aromatic carbocycles. The van der Waals surface area contributed by atoms with Gasteiger partial charge < -0.3 is 13.9 Å². The predicted molar refractivity (Wildman–Crippen MR) is 68.7 cm³/mol. The molecule has 19 heavy (non-hydrogen) atoms. The molecule has 1 N–H and O–H groups in total. The molecule has 0 aliphatic carbocycles. The Bertz CT molecular complexity index is 461. The van der Waals surface area contributed by atoms with Crippen molar-refractivity contribution in [1.29, 1.82) is 0 Å². The summed E-state index contributed by atoms with van der Waals surface area (Å²) in [4.78, 5) is 11.7. The quantitative estimate of drug-likeness (QED) is 0.663. The Kier molecular flexibility index (Phi) is 4.34. The number of hydrogen-bond acceptors (Lipinski definition) is 5. The number of amides is 1. The Morgan fingerprint density at radius 2 is 2.21 bits per heavy atom. The molecule has 2 heterocycles. The number of rotatable bonds is 4. The molecule has 0 unspecified atom stereocenters. The van der Waals surface area contributed by atoms with Gasteiger partial charge in [0, 0.05) is 0 Å². The van der Waals surface area contributed by atoms with E-state index in [4.69, 9.17) is 13.9 Å². The smallest absolute Gasteiger partial charge is 0.245 e. The Hall–Kier alpha value is -1.66. The minimum atomic E-state index is -0.848. The van der Waals surface area contributed by atoms with Gasteiger partial charge in [0.05, 0.1) is 25.8 Å². The number of nitrogens with one attached hydrogen (secondary N) is 1. The zero-order valence-corrected chi connectivity index (χ0v) is 11.1. The van der Waals surface area contributed by atoms with Crippen LogP contribution < -0.4 is 5.43 Å². The van der Waals surface area contributed by atoms with Crippen molar-refractivity contribution in [3.05, 3.63) is 23.7 Å². The van der Waals surface area contributed by atoms with Crippen LogP contribution in [-0.4, -0.2) is 31.1 Å². The first-order valence-electron chi connectivity index (χ1n) is 6.24. The molecule has 0 radical (unpaired) electrons. The summed E-state index contributed by atoms with van der Waals surface area (Å²) in [5.74, 6) is 0.279. The average Bonchev–Trinajstić information content (AvgIpc) is 2.75. The van der Waals surface area contributed by atoms with E-state index in [0.717, 1.165) is 12.2 Å². The van der Waals surface area contributed by atoms with Gasteiger partial charge in [-0.05, 0) is 32.4 Å². The molecule has 1 saturated heterocycles. The number of ether oxygens (including phenoxy) is 2. The van der Waals surface area contributed by atoms with Crippen LogP contribution in [0.3, 0.4) is 0 Å². The first-order chi connectivity index (χ1) is 9.07. The summed E-state index contributed by atoms with van der Waals surface area (Å²) >= 11 is 0. The van der Waals surface area contributed by atoms with Crippen LogP contribution in [0.2, 0.25) is 0 Å². The highest BCUT2D eigenvalue weighted by atomic mass is 16.7. The normalized spacial score (nSPS) is 18.6. The Morgan fingerprint density at radius 1 is 1.47 bits per heavy atom. The topological polar surface area (TPSA) is 73.1 Å². The largest absolute Gasteiger partial charge is 0.460 e. The predicted octanol–water partition coefficient (Wildman–Crippen LogP) is 1.58. The van der Waals surface area contributed by atoms with Gasteiger partial charge in [0.2, 0.25) is 5.91 Å². The summed E-state index contributed by atoms with van der Waals surface area (Å²) < 4.78 is 16.2.